The summed E-state index contributed by atoms with van der Waals surface area (Å²) in [7, 11) is 1.57. The van der Waals surface area contributed by atoms with Crippen molar-refractivity contribution in [3.8, 4) is 11.5 Å². The van der Waals surface area contributed by atoms with Crippen LogP contribution in [0.4, 0.5) is 0 Å². The van der Waals surface area contributed by atoms with Crippen LogP contribution in [0.25, 0.3) is 5.76 Å². The number of nitrogens with zero attached hydrogens (tertiary/aromatic N) is 1. The first kappa shape index (κ1) is 27.0. The Balaban J connectivity index is 1.90. The maximum atomic E-state index is 13.6. The second kappa shape index (κ2) is 10.7. The van der Waals surface area contributed by atoms with Crippen molar-refractivity contribution in [3.05, 3.63) is 100 Å². The van der Waals surface area contributed by atoms with E-state index in [-0.39, 0.29) is 23.3 Å². The second-order valence-corrected chi connectivity index (χ2v) is 10.5. The van der Waals surface area contributed by atoms with Crippen molar-refractivity contribution >= 4 is 17.4 Å². The summed E-state index contributed by atoms with van der Waals surface area (Å²) in [4.78, 5) is 28.5. The lowest BCUT2D eigenvalue weighted by Gasteiger charge is -2.26. The van der Waals surface area contributed by atoms with Gasteiger partial charge in [0.15, 0.2) is 0 Å². The van der Waals surface area contributed by atoms with Crippen LogP contribution in [-0.2, 0) is 21.5 Å². The summed E-state index contributed by atoms with van der Waals surface area (Å²) in [6.07, 6.45) is 0. The largest absolute Gasteiger partial charge is 0.507 e. The Bertz CT molecular complexity index is 1380. The van der Waals surface area contributed by atoms with E-state index < -0.39 is 17.7 Å². The molecule has 0 aromatic heterocycles. The first-order chi connectivity index (χ1) is 18.1. The van der Waals surface area contributed by atoms with Gasteiger partial charge in [0.25, 0.3) is 11.7 Å². The molecule has 0 spiro atoms. The highest BCUT2D eigenvalue weighted by Crippen LogP contribution is 2.42. The maximum absolute atomic E-state index is 13.6. The Hall–Kier alpha value is -4.06. The van der Waals surface area contributed by atoms with Gasteiger partial charge < -0.3 is 19.5 Å². The van der Waals surface area contributed by atoms with Crippen LogP contribution in [0.2, 0.25) is 0 Å². The van der Waals surface area contributed by atoms with Gasteiger partial charge in [-0.15, -0.1) is 0 Å². The molecule has 3 aromatic rings. The van der Waals surface area contributed by atoms with E-state index in [1.807, 2.05) is 80.6 Å². The van der Waals surface area contributed by atoms with E-state index in [9.17, 15) is 14.7 Å². The Morgan fingerprint density at radius 3 is 2.32 bits per heavy atom. The third-order valence-electron chi connectivity index (χ3n) is 6.94. The van der Waals surface area contributed by atoms with Gasteiger partial charge in [0, 0.05) is 11.1 Å². The van der Waals surface area contributed by atoms with E-state index in [0.717, 1.165) is 16.7 Å². The fourth-order valence-corrected chi connectivity index (χ4v) is 4.81. The highest BCUT2D eigenvalue weighted by molar-refractivity contribution is 6.46. The van der Waals surface area contributed by atoms with E-state index in [4.69, 9.17) is 9.47 Å². The van der Waals surface area contributed by atoms with E-state index in [0.29, 0.717) is 29.2 Å². The maximum Gasteiger partial charge on any atom is 0.295 e. The minimum atomic E-state index is -0.784. The fraction of sp³-hybridized carbons (Fsp3) is 0.312. The van der Waals surface area contributed by atoms with Crippen LogP contribution in [0.1, 0.15) is 61.6 Å². The monoisotopic (exact) mass is 513 g/mol. The third-order valence-corrected chi connectivity index (χ3v) is 6.94. The minimum Gasteiger partial charge on any atom is -0.507 e. The molecule has 1 unspecified atom stereocenters. The fourth-order valence-electron chi connectivity index (χ4n) is 4.81. The molecule has 1 amide bonds. The van der Waals surface area contributed by atoms with Crippen molar-refractivity contribution in [1.82, 2.24) is 4.90 Å². The molecule has 4 rings (SSSR count). The van der Waals surface area contributed by atoms with Gasteiger partial charge in [-0.25, -0.2) is 0 Å². The zero-order chi connectivity index (χ0) is 27.6. The van der Waals surface area contributed by atoms with Gasteiger partial charge in [0.05, 0.1) is 31.9 Å². The quantitative estimate of drug-likeness (QED) is 0.227. The van der Waals surface area contributed by atoms with Crippen LogP contribution in [0.3, 0.4) is 0 Å². The van der Waals surface area contributed by atoms with E-state index in [1.165, 1.54) is 4.90 Å². The normalized spacial score (nSPS) is 17.1. The van der Waals surface area contributed by atoms with Gasteiger partial charge in [-0.2, -0.15) is 0 Å². The molecule has 1 heterocycles. The van der Waals surface area contributed by atoms with Crippen molar-refractivity contribution in [2.45, 2.75) is 52.6 Å². The van der Waals surface area contributed by atoms with Crippen molar-refractivity contribution in [2.75, 3.05) is 13.7 Å². The molecule has 38 heavy (non-hydrogen) atoms. The van der Waals surface area contributed by atoms with Crippen LogP contribution in [-0.4, -0.2) is 35.4 Å². The van der Waals surface area contributed by atoms with Crippen LogP contribution in [0.5, 0.6) is 11.5 Å². The molecular weight excluding hydrogens is 478 g/mol. The Morgan fingerprint density at radius 2 is 1.68 bits per heavy atom. The number of likely N-dealkylation sites (tertiary alicyclic amines) is 1. The van der Waals surface area contributed by atoms with Crippen molar-refractivity contribution in [2.24, 2.45) is 0 Å². The third kappa shape index (κ3) is 5.17. The number of methoxy groups -OCH3 is 1. The average Bonchev–Trinajstić information content (AvgIpc) is 3.14. The summed E-state index contributed by atoms with van der Waals surface area (Å²) in [5.74, 6) is -0.244. The van der Waals surface area contributed by atoms with Gasteiger partial charge in [-0.3, -0.25) is 9.59 Å². The van der Waals surface area contributed by atoms with Gasteiger partial charge >= 0.3 is 0 Å². The number of carbonyl (C=O) groups is 2. The molecule has 0 radical (unpaired) electrons. The lowest BCUT2D eigenvalue weighted by Crippen LogP contribution is -2.29. The average molecular weight is 514 g/mol. The standard InChI is InChI=1S/C32H35NO5/c1-7-38-24-16-13-21(14-17-24)28-27(29(34)25-18-23(32(3,4)5)15-12-20(25)2)30(35)31(36)33(28)19-22-10-8-9-11-26(22)37-6/h8-18,28,34H,7,19H2,1-6H3/b29-27+. The lowest BCUT2D eigenvalue weighted by molar-refractivity contribution is -0.140. The number of aryl methyl sites for hydroxylation is 1. The molecule has 0 aliphatic carbocycles. The van der Waals surface area contributed by atoms with Gasteiger partial charge in [0.2, 0.25) is 0 Å². The zero-order valence-electron chi connectivity index (χ0n) is 22.9. The lowest BCUT2D eigenvalue weighted by atomic mass is 9.84. The highest BCUT2D eigenvalue weighted by atomic mass is 16.5. The van der Waals surface area contributed by atoms with Crippen LogP contribution >= 0.6 is 0 Å². The highest BCUT2D eigenvalue weighted by Gasteiger charge is 2.46. The van der Waals surface area contributed by atoms with Gasteiger partial charge in [-0.1, -0.05) is 63.2 Å². The Kier molecular flexibility index (Phi) is 7.63. The summed E-state index contributed by atoms with van der Waals surface area (Å²) < 4.78 is 11.1. The van der Waals surface area contributed by atoms with Crippen molar-refractivity contribution in [1.29, 1.82) is 0 Å². The number of hydrogen-bond donors (Lipinski definition) is 1. The van der Waals surface area contributed by atoms with Crippen LogP contribution < -0.4 is 9.47 Å². The summed E-state index contributed by atoms with van der Waals surface area (Å²) in [6.45, 7) is 10.7. The molecule has 1 saturated heterocycles. The predicted octanol–water partition coefficient (Wildman–Crippen LogP) is 6.32. The molecule has 1 aliphatic heterocycles. The SMILES string of the molecule is CCOc1ccc(C2/C(=C(\O)c3cc(C(C)(C)C)ccc3C)C(=O)C(=O)N2Cc2ccccc2OC)cc1. The van der Waals surface area contributed by atoms with Crippen LogP contribution in [0, 0.1) is 6.92 Å². The number of hydrogen-bond acceptors (Lipinski definition) is 5. The Morgan fingerprint density at radius 1 is 1.00 bits per heavy atom. The molecule has 3 aromatic carbocycles. The molecule has 0 saturated carbocycles. The molecule has 1 aliphatic rings. The van der Waals surface area contributed by atoms with E-state index >= 15 is 0 Å². The molecular formula is C32H35NO5. The number of para-hydroxylation sites is 1. The van der Waals surface area contributed by atoms with E-state index in [1.54, 1.807) is 7.11 Å². The number of aliphatic hydroxyl groups is 1. The number of amides is 1. The molecule has 6 nitrogen and oxygen atoms in total. The topological polar surface area (TPSA) is 76.1 Å². The molecule has 198 valence electrons. The minimum absolute atomic E-state index is 0.0724. The molecule has 1 fully saturated rings. The molecule has 1 N–H and O–H groups in total. The number of benzene rings is 3. The summed E-state index contributed by atoms with van der Waals surface area (Å²) in [5.41, 5.74) is 3.76. The molecule has 1 atom stereocenters. The number of aliphatic hydroxyl groups excluding tert-OH is 1. The van der Waals surface area contributed by atoms with E-state index in [2.05, 4.69) is 20.8 Å². The summed E-state index contributed by atoms with van der Waals surface area (Å²) in [5, 5.41) is 11.7. The summed E-state index contributed by atoms with van der Waals surface area (Å²) in [6, 6.07) is 19.8. The second-order valence-electron chi connectivity index (χ2n) is 10.5. The van der Waals surface area contributed by atoms with Crippen molar-refractivity contribution in [3.63, 3.8) is 0 Å². The predicted molar refractivity (Wildman–Crippen MR) is 148 cm³/mol. The number of Topliss-reactive ketones (excluding diaryl/α,β-unsaturated/α-hetero) is 1. The van der Waals surface area contributed by atoms with Gasteiger partial charge in [-0.05, 0) is 60.2 Å². The zero-order valence-corrected chi connectivity index (χ0v) is 22.9. The number of rotatable bonds is 7. The van der Waals surface area contributed by atoms with Crippen molar-refractivity contribution < 1.29 is 24.2 Å². The summed E-state index contributed by atoms with van der Waals surface area (Å²) >= 11 is 0. The molecule has 0 bridgehead atoms. The first-order valence-electron chi connectivity index (χ1n) is 12.8. The Labute approximate surface area is 224 Å². The number of carbonyl (C=O) groups excluding carboxylic acids is 2. The van der Waals surface area contributed by atoms with Crippen LogP contribution in [0.15, 0.2) is 72.3 Å². The molecule has 6 heteroatoms. The van der Waals surface area contributed by atoms with Gasteiger partial charge in [0.1, 0.15) is 17.3 Å². The first-order valence-corrected chi connectivity index (χ1v) is 12.8. The number of ketones is 1. The smallest absolute Gasteiger partial charge is 0.295 e. The number of ether oxygens (including phenoxy) is 2.